The van der Waals surface area contributed by atoms with Gasteiger partial charge in [-0.2, -0.15) is 5.26 Å². The van der Waals surface area contributed by atoms with Gasteiger partial charge in [0.05, 0.1) is 12.5 Å². The number of benzene rings is 1. The van der Waals surface area contributed by atoms with Crippen LogP contribution in [0.3, 0.4) is 0 Å². The van der Waals surface area contributed by atoms with E-state index in [1.165, 1.54) is 11.0 Å². The summed E-state index contributed by atoms with van der Waals surface area (Å²) in [6.07, 6.45) is 6.28. The van der Waals surface area contributed by atoms with Gasteiger partial charge in [-0.25, -0.2) is 4.39 Å². The van der Waals surface area contributed by atoms with Crippen LogP contribution >= 0.6 is 0 Å². The highest BCUT2D eigenvalue weighted by atomic mass is 19.1. The fourth-order valence-corrected chi connectivity index (χ4v) is 2.95. The third-order valence-electron chi connectivity index (χ3n) is 4.40. The molecule has 0 aliphatic rings. The summed E-state index contributed by atoms with van der Waals surface area (Å²) in [5.41, 5.74) is 3.86. The van der Waals surface area contributed by atoms with Crippen molar-refractivity contribution >= 4 is 22.6 Å². The second kappa shape index (κ2) is 9.01. The van der Waals surface area contributed by atoms with Crippen LogP contribution in [0.2, 0.25) is 0 Å². The van der Waals surface area contributed by atoms with Crippen LogP contribution in [0.1, 0.15) is 22.3 Å². The van der Waals surface area contributed by atoms with Gasteiger partial charge in [0.1, 0.15) is 17.1 Å². The molecule has 1 aromatic carbocycles. The minimum atomic E-state index is -0.587. The van der Waals surface area contributed by atoms with Gasteiger partial charge in [-0.05, 0) is 29.8 Å². The second-order valence-corrected chi connectivity index (χ2v) is 6.76. The maximum Gasteiger partial charge on any atom is 0.253 e. The lowest BCUT2D eigenvalue weighted by molar-refractivity contribution is 0.0827. The maximum atomic E-state index is 13.1. The molecule has 0 radical (unpaired) electrons. The Labute approximate surface area is 174 Å². The summed E-state index contributed by atoms with van der Waals surface area (Å²) in [6.45, 7) is 3.23. The highest BCUT2D eigenvalue weighted by molar-refractivity contribution is 5.95. The quantitative estimate of drug-likeness (QED) is 0.509. The van der Waals surface area contributed by atoms with Crippen LogP contribution in [0.15, 0.2) is 77.6 Å². The first kappa shape index (κ1) is 20.7. The molecule has 0 atom stereocenters. The van der Waals surface area contributed by atoms with Crippen LogP contribution in [0.25, 0.3) is 28.0 Å². The lowest BCUT2D eigenvalue weighted by Crippen LogP contribution is -2.21. The molecule has 3 aromatic rings. The van der Waals surface area contributed by atoms with Crippen molar-refractivity contribution in [3.8, 4) is 17.4 Å². The van der Waals surface area contributed by atoms with Crippen molar-refractivity contribution in [3.63, 3.8) is 0 Å². The number of halogens is 1. The minimum absolute atomic E-state index is 0.0800. The smallest absolute Gasteiger partial charge is 0.253 e. The summed E-state index contributed by atoms with van der Waals surface area (Å²) in [5.74, 6) is -0.0772. The number of nitrogens with zero attached hydrogens (tertiary/aromatic N) is 3. The van der Waals surface area contributed by atoms with Crippen molar-refractivity contribution < 1.29 is 13.6 Å². The van der Waals surface area contributed by atoms with E-state index in [1.807, 2.05) is 12.1 Å². The number of allylic oxidation sites excluding steroid dienone is 5. The molecule has 0 aliphatic heterocycles. The van der Waals surface area contributed by atoms with Gasteiger partial charge in [-0.3, -0.25) is 9.78 Å². The number of rotatable bonds is 6. The molecule has 0 saturated carbocycles. The standard InChI is InChI=1S/C24H20FN3O2/c1-16(25)6-7-17(5-4-13-26)20-12-14-27-21-15-22(30-23(20)21)18-8-10-19(11-9-18)24(29)28(2)3/h5-12,14-15H,1,4H2,2-3H3/b7-6-,17-5+. The number of amides is 1. The first-order chi connectivity index (χ1) is 14.4. The van der Waals surface area contributed by atoms with Gasteiger partial charge in [-0.15, -0.1) is 0 Å². The SMILES string of the molecule is C=C(F)/C=C\C(=C/CC#N)c1ccnc2cc(-c3ccc(C(=O)N(C)C)cc3)oc12. The zero-order valence-electron chi connectivity index (χ0n) is 16.7. The number of carbonyl (C=O) groups is 1. The number of fused-ring (bicyclic) bond motifs is 1. The Morgan fingerprint density at radius 1 is 1.27 bits per heavy atom. The molecule has 0 unspecified atom stereocenters. The second-order valence-electron chi connectivity index (χ2n) is 6.76. The van der Waals surface area contributed by atoms with E-state index in [4.69, 9.17) is 9.68 Å². The Bertz CT molecular complexity index is 1200. The molecule has 2 heterocycles. The molecule has 30 heavy (non-hydrogen) atoms. The molecule has 0 spiro atoms. The fourth-order valence-electron chi connectivity index (χ4n) is 2.95. The molecule has 0 aliphatic carbocycles. The summed E-state index contributed by atoms with van der Waals surface area (Å²) in [6, 6.07) is 12.7. The number of nitriles is 1. The van der Waals surface area contributed by atoms with Crippen molar-refractivity contribution in [2.75, 3.05) is 14.1 Å². The highest BCUT2D eigenvalue weighted by Gasteiger charge is 2.14. The van der Waals surface area contributed by atoms with E-state index < -0.39 is 5.83 Å². The number of aromatic nitrogens is 1. The van der Waals surface area contributed by atoms with Crippen LogP contribution in [-0.2, 0) is 0 Å². The predicted octanol–water partition coefficient (Wildman–Crippen LogP) is 5.53. The van der Waals surface area contributed by atoms with Crippen LogP contribution in [0.5, 0.6) is 0 Å². The van der Waals surface area contributed by atoms with Gasteiger partial charge in [-0.1, -0.05) is 30.9 Å². The highest BCUT2D eigenvalue weighted by Crippen LogP contribution is 2.32. The van der Waals surface area contributed by atoms with Crippen molar-refractivity contribution in [3.05, 3.63) is 84.4 Å². The van der Waals surface area contributed by atoms with E-state index in [1.54, 1.807) is 56.7 Å². The van der Waals surface area contributed by atoms with E-state index in [2.05, 4.69) is 17.6 Å². The molecule has 5 nitrogen and oxygen atoms in total. The predicted molar refractivity (Wildman–Crippen MR) is 115 cm³/mol. The first-order valence-corrected chi connectivity index (χ1v) is 9.21. The van der Waals surface area contributed by atoms with E-state index in [0.717, 1.165) is 5.56 Å². The molecule has 0 fully saturated rings. The zero-order valence-corrected chi connectivity index (χ0v) is 16.7. The lowest BCUT2D eigenvalue weighted by Gasteiger charge is -2.10. The number of hydrogen-bond donors (Lipinski definition) is 0. The third-order valence-corrected chi connectivity index (χ3v) is 4.40. The molecule has 0 N–H and O–H groups in total. The molecule has 0 bridgehead atoms. The summed E-state index contributed by atoms with van der Waals surface area (Å²) >= 11 is 0. The zero-order chi connectivity index (χ0) is 21.7. The summed E-state index contributed by atoms with van der Waals surface area (Å²) in [7, 11) is 3.40. The van der Waals surface area contributed by atoms with Gasteiger partial charge in [0.15, 0.2) is 5.58 Å². The topological polar surface area (TPSA) is 70.1 Å². The van der Waals surface area contributed by atoms with Crippen molar-refractivity contribution in [1.29, 1.82) is 5.26 Å². The van der Waals surface area contributed by atoms with Crippen molar-refractivity contribution in [2.24, 2.45) is 0 Å². The molecule has 3 rings (SSSR count). The Morgan fingerprint density at radius 2 is 2.00 bits per heavy atom. The average Bonchev–Trinajstić information content (AvgIpc) is 3.18. The van der Waals surface area contributed by atoms with Crippen molar-refractivity contribution in [2.45, 2.75) is 6.42 Å². The fraction of sp³-hybridized carbons (Fsp3) is 0.125. The van der Waals surface area contributed by atoms with E-state index >= 15 is 0 Å². The van der Waals surface area contributed by atoms with Crippen LogP contribution < -0.4 is 0 Å². The van der Waals surface area contributed by atoms with Crippen LogP contribution in [0, 0.1) is 11.3 Å². The summed E-state index contributed by atoms with van der Waals surface area (Å²) < 4.78 is 19.2. The Kier molecular flexibility index (Phi) is 6.23. The van der Waals surface area contributed by atoms with E-state index in [9.17, 15) is 9.18 Å². The van der Waals surface area contributed by atoms with Crippen LogP contribution in [0.4, 0.5) is 4.39 Å². The number of hydrogen-bond acceptors (Lipinski definition) is 4. The Hall–Kier alpha value is -3.98. The largest absolute Gasteiger partial charge is 0.454 e. The Balaban J connectivity index is 2.04. The molecule has 2 aromatic heterocycles. The average molecular weight is 401 g/mol. The van der Waals surface area contributed by atoms with Gasteiger partial charge in [0.2, 0.25) is 0 Å². The van der Waals surface area contributed by atoms with Crippen molar-refractivity contribution in [1.82, 2.24) is 9.88 Å². The Morgan fingerprint density at radius 3 is 2.63 bits per heavy atom. The molecule has 1 amide bonds. The lowest BCUT2D eigenvalue weighted by atomic mass is 10.0. The van der Waals surface area contributed by atoms with Gasteiger partial charge in [0, 0.05) is 43.0 Å². The molecular weight excluding hydrogens is 381 g/mol. The van der Waals surface area contributed by atoms with Gasteiger partial charge >= 0.3 is 0 Å². The number of furan rings is 1. The number of carbonyl (C=O) groups excluding carboxylic acids is 1. The van der Waals surface area contributed by atoms with E-state index in [0.29, 0.717) is 33.6 Å². The monoisotopic (exact) mass is 401 g/mol. The summed E-state index contributed by atoms with van der Waals surface area (Å²) in [4.78, 5) is 17.9. The maximum absolute atomic E-state index is 13.1. The van der Waals surface area contributed by atoms with Crippen LogP contribution in [-0.4, -0.2) is 29.9 Å². The number of pyridine rings is 1. The molecule has 6 heteroatoms. The third kappa shape index (κ3) is 4.53. The molecule has 0 saturated heterocycles. The normalized spacial score (nSPS) is 11.6. The minimum Gasteiger partial charge on any atom is -0.454 e. The van der Waals surface area contributed by atoms with Gasteiger partial charge in [0.25, 0.3) is 5.91 Å². The first-order valence-electron chi connectivity index (χ1n) is 9.21. The molecular formula is C24H20FN3O2. The summed E-state index contributed by atoms with van der Waals surface area (Å²) in [5, 5.41) is 8.93. The van der Waals surface area contributed by atoms with Gasteiger partial charge < -0.3 is 9.32 Å². The van der Waals surface area contributed by atoms with E-state index in [-0.39, 0.29) is 12.3 Å². The molecule has 150 valence electrons.